The summed E-state index contributed by atoms with van der Waals surface area (Å²) in [5.41, 5.74) is 0.644. The largest absolute Gasteiger partial charge is 0.545 e. The fraction of sp³-hybridized carbons (Fsp3) is 0.308. The Bertz CT molecular complexity index is 627. The van der Waals surface area contributed by atoms with Gasteiger partial charge < -0.3 is 14.8 Å². The number of carbonyl (C=O) groups excluding carboxylic acids is 1. The van der Waals surface area contributed by atoms with E-state index in [2.05, 4.69) is 21.8 Å². The summed E-state index contributed by atoms with van der Waals surface area (Å²) in [6.45, 7) is 3.17. The molecule has 1 atom stereocenters. The van der Waals surface area contributed by atoms with Crippen molar-refractivity contribution in [3.8, 4) is 0 Å². The standard InChI is InChI=1S/C13H13N3O2/c1-8-4-5-16(8)11-3-2-9-6-10(13(17)18)7-14-12(9)15-11/h2-3,6-8H,4-5H2,1H3,(H,17,18)/p-1. The van der Waals surface area contributed by atoms with Gasteiger partial charge >= 0.3 is 0 Å². The first-order valence-electron chi connectivity index (χ1n) is 5.90. The van der Waals surface area contributed by atoms with Crippen LogP contribution in [-0.2, 0) is 0 Å². The number of fused-ring (bicyclic) bond motifs is 1. The van der Waals surface area contributed by atoms with Gasteiger partial charge in [-0.2, -0.15) is 0 Å². The minimum Gasteiger partial charge on any atom is -0.545 e. The summed E-state index contributed by atoms with van der Waals surface area (Å²) in [5, 5.41) is 11.5. The van der Waals surface area contributed by atoms with Gasteiger partial charge in [0.25, 0.3) is 0 Å². The number of hydrogen-bond donors (Lipinski definition) is 0. The number of hydrogen-bond acceptors (Lipinski definition) is 5. The second kappa shape index (κ2) is 3.94. The van der Waals surface area contributed by atoms with Crippen molar-refractivity contribution in [3.63, 3.8) is 0 Å². The molecule has 1 fully saturated rings. The van der Waals surface area contributed by atoms with Gasteiger partial charge in [0.05, 0.1) is 5.97 Å². The monoisotopic (exact) mass is 242 g/mol. The lowest BCUT2D eigenvalue weighted by Gasteiger charge is -2.39. The van der Waals surface area contributed by atoms with Gasteiger partial charge in [-0.1, -0.05) is 0 Å². The fourth-order valence-electron chi connectivity index (χ4n) is 2.13. The molecule has 1 aliphatic rings. The van der Waals surface area contributed by atoms with E-state index in [-0.39, 0.29) is 5.56 Å². The molecular formula is C13H12N3O2-. The van der Waals surface area contributed by atoms with Gasteiger partial charge in [0.1, 0.15) is 5.82 Å². The third-order valence-electron chi connectivity index (χ3n) is 3.38. The van der Waals surface area contributed by atoms with E-state index < -0.39 is 5.97 Å². The first kappa shape index (κ1) is 11.0. The first-order valence-corrected chi connectivity index (χ1v) is 5.90. The third-order valence-corrected chi connectivity index (χ3v) is 3.38. The summed E-state index contributed by atoms with van der Waals surface area (Å²) in [6.07, 6.45) is 2.46. The van der Waals surface area contributed by atoms with Crippen molar-refractivity contribution in [2.45, 2.75) is 19.4 Å². The molecule has 1 saturated heterocycles. The number of carbonyl (C=O) groups is 1. The highest BCUT2D eigenvalue weighted by atomic mass is 16.4. The molecule has 0 saturated carbocycles. The molecule has 0 amide bonds. The topological polar surface area (TPSA) is 69.2 Å². The zero-order chi connectivity index (χ0) is 12.7. The SMILES string of the molecule is CC1CCN1c1ccc2cc(C(=O)[O-])cnc2n1. The van der Waals surface area contributed by atoms with Gasteiger partial charge in [0, 0.05) is 29.7 Å². The lowest BCUT2D eigenvalue weighted by molar-refractivity contribution is -0.255. The molecule has 0 aliphatic carbocycles. The highest BCUT2D eigenvalue weighted by Crippen LogP contribution is 2.25. The average molecular weight is 242 g/mol. The summed E-state index contributed by atoms with van der Waals surface area (Å²) in [7, 11) is 0. The number of nitrogens with zero attached hydrogens (tertiary/aromatic N) is 3. The van der Waals surface area contributed by atoms with Gasteiger partial charge in [-0.15, -0.1) is 0 Å². The lowest BCUT2D eigenvalue weighted by atomic mass is 10.1. The maximum atomic E-state index is 10.7. The van der Waals surface area contributed by atoms with Gasteiger partial charge in [0.2, 0.25) is 0 Å². The van der Waals surface area contributed by atoms with Crippen LogP contribution in [0.3, 0.4) is 0 Å². The number of carboxylic acid groups (broad SMARTS) is 1. The molecule has 0 bridgehead atoms. The van der Waals surface area contributed by atoms with Crippen LogP contribution in [0, 0.1) is 0 Å². The Kier molecular flexibility index (Phi) is 2.40. The minimum atomic E-state index is -1.22. The zero-order valence-corrected chi connectivity index (χ0v) is 9.96. The maximum Gasteiger partial charge on any atom is 0.161 e. The number of aromatic nitrogens is 2. The van der Waals surface area contributed by atoms with Crippen LogP contribution in [0.15, 0.2) is 24.4 Å². The van der Waals surface area contributed by atoms with Crippen molar-refractivity contribution < 1.29 is 9.90 Å². The normalized spacial score (nSPS) is 18.7. The predicted octanol–water partition coefficient (Wildman–Crippen LogP) is 0.592. The summed E-state index contributed by atoms with van der Waals surface area (Å²) < 4.78 is 0. The smallest absolute Gasteiger partial charge is 0.161 e. The number of anilines is 1. The summed E-state index contributed by atoms with van der Waals surface area (Å²) >= 11 is 0. The third kappa shape index (κ3) is 1.68. The lowest BCUT2D eigenvalue weighted by Crippen LogP contribution is -2.46. The van der Waals surface area contributed by atoms with Crippen LogP contribution in [-0.4, -0.2) is 28.5 Å². The Balaban J connectivity index is 2.03. The molecule has 2 aromatic heterocycles. The first-order chi connectivity index (χ1) is 8.65. The summed E-state index contributed by atoms with van der Waals surface area (Å²) in [5.74, 6) is -0.320. The second-order valence-electron chi connectivity index (χ2n) is 4.56. The maximum absolute atomic E-state index is 10.7. The van der Waals surface area contributed by atoms with Crippen molar-refractivity contribution in [2.24, 2.45) is 0 Å². The quantitative estimate of drug-likeness (QED) is 0.771. The van der Waals surface area contributed by atoms with E-state index in [0.717, 1.165) is 12.4 Å². The molecular weight excluding hydrogens is 230 g/mol. The molecule has 2 aromatic rings. The molecule has 0 aromatic carbocycles. The predicted molar refractivity (Wildman–Crippen MR) is 65.3 cm³/mol. The fourth-order valence-corrected chi connectivity index (χ4v) is 2.13. The molecule has 0 radical (unpaired) electrons. The van der Waals surface area contributed by atoms with E-state index in [1.54, 1.807) is 0 Å². The molecule has 3 heterocycles. The molecule has 92 valence electrons. The van der Waals surface area contributed by atoms with Crippen molar-refractivity contribution in [1.29, 1.82) is 0 Å². The van der Waals surface area contributed by atoms with E-state index in [4.69, 9.17) is 0 Å². The Morgan fingerprint density at radius 1 is 1.50 bits per heavy atom. The number of aromatic carboxylic acids is 1. The van der Waals surface area contributed by atoms with Gasteiger partial charge in [-0.3, -0.25) is 0 Å². The Labute approximate surface area is 104 Å². The molecule has 5 nitrogen and oxygen atoms in total. The highest BCUT2D eigenvalue weighted by Gasteiger charge is 2.24. The van der Waals surface area contributed by atoms with Crippen LogP contribution >= 0.6 is 0 Å². The van der Waals surface area contributed by atoms with E-state index in [9.17, 15) is 9.90 Å². The van der Waals surface area contributed by atoms with Crippen molar-refractivity contribution >= 4 is 22.8 Å². The number of rotatable bonds is 2. The van der Waals surface area contributed by atoms with Gasteiger partial charge in [-0.25, -0.2) is 9.97 Å². The van der Waals surface area contributed by atoms with Crippen LogP contribution in [0.4, 0.5) is 5.82 Å². The average Bonchev–Trinajstić information content (AvgIpc) is 2.36. The molecule has 0 N–H and O–H groups in total. The molecule has 1 unspecified atom stereocenters. The van der Waals surface area contributed by atoms with Crippen LogP contribution in [0.1, 0.15) is 23.7 Å². The number of carboxylic acids is 1. The van der Waals surface area contributed by atoms with Crippen LogP contribution in [0.25, 0.3) is 11.0 Å². The Morgan fingerprint density at radius 3 is 2.94 bits per heavy atom. The number of pyridine rings is 2. The summed E-state index contributed by atoms with van der Waals surface area (Å²) in [6, 6.07) is 5.80. The molecule has 5 heteroatoms. The molecule has 1 aliphatic heterocycles. The van der Waals surface area contributed by atoms with Gasteiger partial charge in [-0.05, 0) is 31.5 Å². The van der Waals surface area contributed by atoms with Crippen LogP contribution < -0.4 is 10.0 Å². The molecule has 18 heavy (non-hydrogen) atoms. The van der Waals surface area contributed by atoms with E-state index in [1.165, 1.54) is 18.7 Å². The van der Waals surface area contributed by atoms with Crippen molar-refractivity contribution in [2.75, 3.05) is 11.4 Å². The van der Waals surface area contributed by atoms with Crippen LogP contribution in [0.5, 0.6) is 0 Å². The second-order valence-corrected chi connectivity index (χ2v) is 4.56. The minimum absolute atomic E-state index is 0.0781. The van der Waals surface area contributed by atoms with E-state index >= 15 is 0 Å². The molecule has 3 rings (SSSR count). The van der Waals surface area contributed by atoms with Crippen molar-refractivity contribution in [3.05, 3.63) is 30.0 Å². The Hall–Kier alpha value is -2.17. The zero-order valence-electron chi connectivity index (χ0n) is 9.96. The highest BCUT2D eigenvalue weighted by molar-refractivity contribution is 5.90. The van der Waals surface area contributed by atoms with Crippen LogP contribution in [0.2, 0.25) is 0 Å². The van der Waals surface area contributed by atoms with Crippen molar-refractivity contribution in [1.82, 2.24) is 9.97 Å². The Morgan fingerprint density at radius 2 is 2.33 bits per heavy atom. The summed E-state index contributed by atoms with van der Waals surface area (Å²) in [4.78, 5) is 21.5. The van der Waals surface area contributed by atoms with Gasteiger partial charge in [0.15, 0.2) is 5.65 Å². The van der Waals surface area contributed by atoms with E-state index in [1.807, 2.05) is 12.1 Å². The molecule has 0 spiro atoms. The van der Waals surface area contributed by atoms with E-state index in [0.29, 0.717) is 17.1 Å².